The highest BCUT2D eigenvalue weighted by molar-refractivity contribution is 7.16. The fourth-order valence-corrected chi connectivity index (χ4v) is 4.24. The van der Waals surface area contributed by atoms with Gasteiger partial charge in [-0.05, 0) is 36.4 Å². The molecule has 0 aromatic carbocycles. The van der Waals surface area contributed by atoms with E-state index in [9.17, 15) is 0 Å². The van der Waals surface area contributed by atoms with Crippen molar-refractivity contribution in [3.8, 4) is 0 Å². The smallest absolute Gasteiger partial charge is 0.160 e. The number of nitrogens with zero attached hydrogens (tertiary/aromatic N) is 6. The molecule has 0 amide bonds. The Kier molecular flexibility index (Phi) is 3.19. The molecule has 0 spiro atoms. The molecule has 0 aliphatic carbocycles. The summed E-state index contributed by atoms with van der Waals surface area (Å²) in [4.78, 5) is 12.3. The van der Waals surface area contributed by atoms with Gasteiger partial charge in [0.15, 0.2) is 5.65 Å². The van der Waals surface area contributed by atoms with E-state index in [1.54, 1.807) is 17.7 Å². The number of aromatic nitrogens is 5. The Morgan fingerprint density at radius 1 is 1.04 bits per heavy atom. The van der Waals surface area contributed by atoms with E-state index in [2.05, 4.69) is 47.1 Å². The summed E-state index contributed by atoms with van der Waals surface area (Å²) in [6.07, 6.45) is 5.85. The SMILES string of the molecule is c1ccn2c(C3CCN(c4ncnc5sccc45)CC3)nnc2c1. The first-order chi connectivity index (χ1) is 11.9. The van der Waals surface area contributed by atoms with E-state index >= 15 is 0 Å². The van der Waals surface area contributed by atoms with Crippen molar-refractivity contribution in [3.05, 3.63) is 48.0 Å². The summed E-state index contributed by atoms with van der Waals surface area (Å²) in [5.74, 6) is 2.58. The van der Waals surface area contributed by atoms with E-state index in [1.165, 1.54) is 0 Å². The van der Waals surface area contributed by atoms with Gasteiger partial charge in [0.1, 0.15) is 22.8 Å². The summed E-state index contributed by atoms with van der Waals surface area (Å²) >= 11 is 1.67. The monoisotopic (exact) mass is 336 g/mol. The van der Waals surface area contributed by atoms with Crippen LogP contribution in [0.25, 0.3) is 15.9 Å². The van der Waals surface area contributed by atoms with E-state index < -0.39 is 0 Å². The first-order valence-electron chi connectivity index (χ1n) is 8.13. The predicted molar refractivity (Wildman–Crippen MR) is 94.6 cm³/mol. The van der Waals surface area contributed by atoms with Crippen LogP contribution >= 0.6 is 11.3 Å². The minimum Gasteiger partial charge on any atom is -0.356 e. The minimum absolute atomic E-state index is 0.443. The maximum atomic E-state index is 4.53. The molecule has 1 fully saturated rings. The lowest BCUT2D eigenvalue weighted by Gasteiger charge is -2.32. The van der Waals surface area contributed by atoms with E-state index in [4.69, 9.17) is 0 Å². The average molecular weight is 336 g/mol. The molecule has 7 heteroatoms. The summed E-state index contributed by atoms with van der Waals surface area (Å²) in [7, 11) is 0. The van der Waals surface area contributed by atoms with Crippen LogP contribution in [0, 0.1) is 0 Å². The van der Waals surface area contributed by atoms with Crippen molar-refractivity contribution in [1.82, 2.24) is 24.6 Å². The van der Waals surface area contributed by atoms with Crippen molar-refractivity contribution < 1.29 is 0 Å². The highest BCUT2D eigenvalue weighted by Crippen LogP contribution is 2.32. The first-order valence-corrected chi connectivity index (χ1v) is 9.01. The Morgan fingerprint density at radius 3 is 2.88 bits per heavy atom. The van der Waals surface area contributed by atoms with Gasteiger partial charge in [-0.15, -0.1) is 21.5 Å². The maximum Gasteiger partial charge on any atom is 0.160 e. The van der Waals surface area contributed by atoms with Gasteiger partial charge in [-0.3, -0.25) is 4.40 Å². The van der Waals surface area contributed by atoms with Gasteiger partial charge in [0.2, 0.25) is 0 Å². The fraction of sp³-hybridized carbons (Fsp3) is 0.294. The van der Waals surface area contributed by atoms with Gasteiger partial charge >= 0.3 is 0 Å². The molecule has 4 aromatic rings. The Bertz CT molecular complexity index is 998. The normalized spacial score (nSPS) is 16.2. The number of hydrogen-bond acceptors (Lipinski definition) is 6. The molecule has 0 N–H and O–H groups in total. The van der Waals surface area contributed by atoms with Crippen LogP contribution in [-0.4, -0.2) is 37.7 Å². The lowest BCUT2D eigenvalue weighted by Crippen LogP contribution is -2.34. The van der Waals surface area contributed by atoms with Gasteiger partial charge in [0, 0.05) is 25.2 Å². The molecular formula is C17H16N6S. The molecule has 0 bridgehead atoms. The molecule has 1 aliphatic heterocycles. The van der Waals surface area contributed by atoms with Gasteiger partial charge in [-0.2, -0.15) is 0 Å². The lowest BCUT2D eigenvalue weighted by molar-refractivity contribution is 0.481. The van der Waals surface area contributed by atoms with Crippen LogP contribution in [0.2, 0.25) is 0 Å². The second kappa shape index (κ2) is 5.52. The molecule has 0 saturated carbocycles. The highest BCUT2D eigenvalue weighted by atomic mass is 32.1. The number of piperidine rings is 1. The van der Waals surface area contributed by atoms with Gasteiger partial charge in [-0.25, -0.2) is 9.97 Å². The van der Waals surface area contributed by atoms with Crippen LogP contribution in [-0.2, 0) is 0 Å². The Hall–Kier alpha value is -2.54. The number of hydrogen-bond donors (Lipinski definition) is 0. The molecule has 24 heavy (non-hydrogen) atoms. The number of rotatable bonds is 2. The molecule has 6 nitrogen and oxygen atoms in total. The van der Waals surface area contributed by atoms with E-state index in [0.717, 1.165) is 53.4 Å². The molecule has 4 aromatic heterocycles. The van der Waals surface area contributed by atoms with Gasteiger partial charge in [-0.1, -0.05) is 6.07 Å². The highest BCUT2D eigenvalue weighted by Gasteiger charge is 2.26. The quantitative estimate of drug-likeness (QED) is 0.563. The van der Waals surface area contributed by atoms with Gasteiger partial charge < -0.3 is 4.90 Å². The van der Waals surface area contributed by atoms with Crippen LogP contribution in [0.3, 0.4) is 0 Å². The van der Waals surface area contributed by atoms with Crippen molar-refractivity contribution in [2.45, 2.75) is 18.8 Å². The molecule has 0 radical (unpaired) electrons. The molecular weight excluding hydrogens is 320 g/mol. The number of thiophene rings is 1. The van der Waals surface area contributed by atoms with Crippen molar-refractivity contribution in [1.29, 1.82) is 0 Å². The molecule has 1 saturated heterocycles. The van der Waals surface area contributed by atoms with Crippen LogP contribution in [0.4, 0.5) is 5.82 Å². The van der Waals surface area contributed by atoms with E-state index in [-0.39, 0.29) is 0 Å². The number of anilines is 1. The molecule has 120 valence electrons. The molecule has 0 atom stereocenters. The third kappa shape index (κ3) is 2.16. The van der Waals surface area contributed by atoms with Crippen LogP contribution < -0.4 is 4.90 Å². The van der Waals surface area contributed by atoms with Crippen molar-refractivity contribution in [2.24, 2.45) is 0 Å². The van der Waals surface area contributed by atoms with Crippen LogP contribution in [0.1, 0.15) is 24.6 Å². The standard InChI is InChI=1S/C17H16N6S/c1-2-7-23-14(3-1)20-21-15(23)12-4-8-22(9-5-12)16-13-6-10-24-17(13)19-11-18-16/h1-3,6-7,10-12H,4-5,8-9H2. The molecule has 0 unspecified atom stereocenters. The predicted octanol–water partition coefficient (Wildman–Crippen LogP) is 3.12. The summed E-state index contributed by atoms with van der Waals surface area (Å²) in [6, 6.07) is 8.15. The van der Waals surface area contributed by atoms with Gasteiger partial charge in [0.25, 0.3) is 0 Å². The van der Waals surface area contributed by atoms with Gasteiger partial charge in [0.05, 0.1) is 5.39 Å². The minimum atomic E-state index is 0.443. The number of fused-ring (bicyclic) bond motifs is 2. The zero-order chi connectivity index (χ0) is 15.9. The van der Waals surface area contributed by atoms with Crippen molar-refractivity contribution >= 4 is 33.0 Å². The summed E-state index contributed by atoms with van der Waals surface area (Å²) < 4.78 is 2.11. The summed E-state index contributed by atoms with van der Waals surface area (Å²) in [5.41, 5.74) is 0.922. The van der Waals surface area contributed by atoms with E-state index in [0.29, 0.717) is 5.92 Å². The Balaban J connectivity index is 1.40. The fourth-order valence-electron chi connectivity index (χ4n) is 3.52. The summed E-state index contributed by atoms with van der Waals surface area (Å²) in [6.45, 7) is 1.96. The number of pyridine rings is 1. The van der Waals surface area contributed by atoms with Crippen molar-refractivity contribution in [2.75, 3.05) is 18.0 Å². The molecule has 5 heterocycles. The molecule has 5 rings (SSSR count). The maximum absolute atomic E-state index is 4.53. The van der Waals surface area contributed by atoms with Crippen molar-refractivity contribution in [3.63, 3.8) is 0 Å². The Labute approximate surface area is 142 Å². The zero-order valence-corrected chi connectivity index (χ0v) is 13.9. The third-order valence-electron chi connectivity index (χ3n) is 4.74. The second-order valence-corrected chi connectivity index (χ2v) is 6.98. The third-order valence-corrected chi connectivity index (χ3v) is 5.56. The topological polar surface area (TPSA) is 59.2 Å². The molecule has 1 aliphatic rings. The van der Waals surface area contributed by atoms with Crippen LogP contribution in [0.5, 0.6) is 0 Å². The second-order valence-electron chi connectivity index (χ2n) is 6.09. The van der Waals surface area contributed by atoms with E-state index in [1.807, 2.05) is 18.2 Å². The zero-order valence-electron chi connectivity index (χ0n) is 13.0. The van der Waals surface area contributed by atoms with Crippen LogP contribution in [0.15, 0.2) is 42.2 Å². The lowest BCUT2D eigenvalue weighted by atomic mass is 9.96. The largest absolute Gasteiger partial charge is 0.356 e. The Morgan fingerprint density at radius 2 is 1.96 bits per heavy atom. The average Bonchev–Trinajstić information content (AvgIpc) is 3.28. The summed E-state index contributed by atoms with van der Waals surface area (Å²) in [5, 5.41) is 12.0. The first kappa shape index (κ1) is 13.9.